The lowest BCUT2D eigenvalue weighted by Gasteiger charge is -2.37. The van der Waals surface area contributed by atoms with Crippen molar-refractivity contribution >= 4 is 11.6 Å². The van der Waals surface area contributed by atoms with Gasteiger partial charge in [0.2, 0.25) is 12.7 Å². The average molecular weight is 466 g/mol. The summed E-state index contributed by atoms with van der Waals surface area (Å²) in [5, 5.41) is 15.2. The molecule has 1 atom stereocenters. The average Bonchev–Trinajstić information content (AvgIpc) is 3.52. The van der Waals surface area contributed by atoms with Crippen molar-refractivity contribution in [3.05, 3.63) is 63.7 Å². The molecule has 0 bridgehead atoms. The molecule has 8 heteroatoms. The summed E-state index contributed by atoms with van der Waals surface area (Å²) in [4.78, 5) is 27.3. The van der Waals surface area contributed by atoms with Crippen molar-refractivity contribution < 1.29 is 19.2 Å². The van der Waals surface area contributed by atoms with Gasteiger partial charge in [0.15, 0.2) is 11.5 Å². The molecule has 2 fully saturated rings. The Hall–Kier alpha value is -3.13. The number of nitro groups is 1. The maximum Gasteiger partial charge on any atom is 0.278 e. The number of carbonyl (C=O) groups excluding carboxylic acids is 1. The number of nitrogens with one attached hydrogen (secondary N) is 1. The molecule has 1 saturated carbocycles. The molecule has 1 saturated heterocycles. The van der Waals surface area contributed by atoms with E-state index in [2.05, 4.69) is 34.5 Å². The van der Waals surface area contributed by atoms with Crippen LogP contribution in [-0.4, -0.2) is 41.7 Å². The highest BCUT2D eigenvalue weighted by molar-refractivity contribution is 5.85. The van der Waals surface area contributed by atoms with E-state index in [0.717, 1.165) is 44.9 Å². The first-order chi connectivity index (χ1) is 16.6. The van der Waals surface area contributed by atoms with E-state index in [1.807, 2.05) is 6.07 Å². The second-order valence-corrected chi connectivity index (χ2v) is 9.58. The Balaban J connectivity index is 1.39. The minimum absolute atomic E-state index is 0.0275. The van der Waals surface area contributed by atoms with Gasteiger partial charge in [0.05, 0.1) is 16.6 Å². The summed E-state index contributed by atoms with van der Waals surface area (Å²) in [5.74, 6) is 1.18. The molecule has 8 nitrogen and oxygen atoms in total. The third-order valence-corrected chi connectivity index (χ3v) is 7.34. The van der Waals surface area contributed by atoms with Crippen LogP contribution in [0.1, 0.15) is 55.7 Å². The standard InChI is InChI=1S/C26H31N3O5/c30-26(27-20-8-4-5-9-20)25(21-15-23-24(34-17-33-23)16-22(21)29(31)32)28-12-10-19(11-13-28)14-18-6-2-1-3-7-18/h1-3,6-7,15-16,19-20,25H,4-5,8-14,17H2,(H,27,30)/t25-/m0/s1. The largest absolute Gasteiger partial charge is 0.454 e. The molecule has 2 aromatic rings. The van der Waals surface area contributed by atoms with Crippen LogP contribution >= 0.6 is 0 Å². The fourth-order valence-corrected chi connectivity index (χ4v) is 5.54. The maximum absolute atomic E-state index is 13.6. The predicted molar refractivity (Wildman–Crippen MR) is 127 cm³/mol. The van der Waals surface area contributed by atoms with E-state index in [9.17, 15) is 14.9 Å². The van der Waals surface area contributed by atoms with Crippen molar-refractivity contribution in [3.63, 3.8) is 0 Å². The van der Waals surface area contributed by atoms with Crippen LogP contribution in [-0.2, 0) is 11.2 Å². The summed E-state index contributed by atoms with van der Waals surface area (Å²) in [6.07, 6.45) is 7.02. The molecule has 0 aromatic heterocycles. The first kappa shape index (κ1) is 22.7. The van der Waals surface area contributed by atoms with Crippen LogP contribution in [0.25, 0.3) is 0 Å². The smallest absolute Gasteiger partial charge is 0.278 e. The zero-order chi connectivity index (χ0) is 23.5. The van der Waals surface area contributed by atoms with Crippen molar-refractivity contribution in [3.8, 4) is 11.5 Å². The monoisotopic (exact) mass is 465 g/mol. The number of carbonyl (C=O) groups is 1. The van der Waals surface area contributed by atoms with Gasteiger partial charge in [-0.3, -0.25) is 19.8 Å². The van der Waals surface area contributed by atoms with Crippen LogP contribution in [0.15, 0.2) is 42.5 Å². The highest BCUT2D eigenvalue weighted by atomic mass is 16.7. The van der Waals surface area contributed by atoms with E-state index >= 15 is 0 Å². The first-order valence-corrected chi connectivity index (χ1v) is 12.2. The number of benzene rings is 2. The quantitative estimate of drug-likeness (QED) is 0.482. The molecule has 1 amide bonds. The molecular formula is C26H31N3O5. The summed E-state index contributed by atoms with van der Waals surface area (Å²) in [6, 6.07) is 12.9. The topological polar surface area (TPSA) is 93.9 Å². The molecule has 1 aliphatic carbocycles. The van der Waals surface area contributed by atoms with Crippen LogP contribution in [0.4, 0.5) is 5.69 Å². The molecule has 0 unspecified atom stereocenters. The molecule has 2 aliphatic heterocycles. The number of amides is 1. The number of nitrogens with zero attached hydrogens (tertiary/aromatic N) is 2. The number of hydrogen-bond donors (Lipinski definition) is 1. The Kier molecular flexibility index (Phi) is 6.67. The predicted octanol–water partition coefficient (Wildman–Crippen LogP) is 4.38. The normalized spacial score (nSPS) is 19.8. The molecule has 34 heavy (non-hydrogen) atoms. The fourth-order valence-electron chi connectivity index (χ4n) is 5.54. The lowest BCUT2D eigenvalue weighted by Crippen LogP contribution is -2.46. The zero-order valence-electron chi connectivity index (χ0n) is 19.3. The van der Waals surface area contributed by atoms with E-state index in [0.29, 0.717) is 36.1 Å². The van der Waals surface area contributed by atoms with E-state index in [4.69, 9.17) is 9.47 Å². The van der Waals surface area contributed by atoms with Gasteiger partial charge >= 0.3 is 0 Å². The molecule has 180 valence electrons. The number of hydrogen-bond acceptors (Lipinski definition) is 6. The second-order valence-electron chi connectivity index (χ2n) is 9.58. The number of nitro benzene ring substituents is 1. The molecule has 0 radical (unpaired) electrons. The summed E-state index contributed by atoms with van der Waals surface area (Å²) in [7, 11) is 0. The van der Waals surface area contributed by atoms with Crippen molar-refractivity contribution in [1.29, 1.82) is 0 Å². The summed E-state index contributed by atoms with van der Waals surface area (Å²) >= 11 is 0. The number of ether oxygens (including phenoxy) is 2. The van der Waals surface area contributed by atoms with Gasteiger partial charge in [-0.25, -0.2) is 0 Å². The fraction of sp³-hybridized carbons (Fsp3) is 0.500. The lowest BCUT2D eigenvalue weighted by atomic mass is 9.88. The van der Waals surface area contributed by atoms with Gasteiger partial charge in [-0.1, -0.05) is 43.2 Å². The number of rotatable bonds is 7. The Morgan fingerprint density at radius 2 is 1.74 bits per heavy atom. The van der Waals surface area contributed by atoms with Gasteiger partial charge in [0.1, 0.15) is 6.04 Å². The SMILES string of the molecule is O=C(NC1CCCC1)[C@H](c1cc2c(cc1[N+](=O)[O-])OCO2)N1CCC(Cc2ccccc2)CC1. The molecule has 3 aliphatic rings. The number of piperidine rings is 1. The molecule has 2 heterocycles. The van der Waals surface area contributed by atoms with Crippen LogP contribution in [0.2, 0.25) is 0 Å². The zero-order valence-corrected chi connectivity index (χ0v) is 19.3. The van der Waals surface area contributed by atoms with E-state index in [-0.39, 0.29) is 24.4 Å². The van der Waals surface area contributed by atoms with Crippen LogP contribution in [0, 0.1) is 16.0 Å². The van der Waals surface area contributed by atoms with E-state index in [1.165, 1.54) is 11.6 Å². The maximum atomic E-state index is 13.6. The summed E-state index contributed by atoms with van der Waals surface area (Å²) in [5.41, 5.74) is 1.61. The van der Waals surface area contributed by atoms with E-state index in [1.54, 1.807) is 6.07 Å². The van der Waals surface area contributed by atoms with Crippen molar-refractivity contribution in [1.82, 2.24) is 10.2 Å². The van der Waals surface area contributed by atoms with Gasteiger partial charge in [-0.05, 0) is 62.7 Å². The molecule has 0 spiro atoms. The van der Waals surface area contributed by atoms with Gasteiger partial charge < -0.3 is 14.8 Å². The van der Waals surface area contributed by atoms with E-state index < -0.39 is 11.0 Å². The number of likely N-dealkylation sites (tertiary alicyclic amines) is 1. The van der Waals surface area contributed by atoms with Crippen molar-refractivity contribution in [2.24, 2.45) is 5.92 Å². The molecule has 2 aromatic carbocycles. The Labute approximate surface area is 199 Å². The van der Waals surface area contributed by atoms with Gasteiger partial charge in [0, 0.05) is 6.04 Å². The van der Waals surface area contributed by atoms with Gasteiger partial charge in [-0.2, -0.15) is 0 Å². The van der Waals surface area contributed by atoms with Gasteiger partial charge in [-0.15, -0.1) is 0 Å². The van der Waals surface area contributed by atoms with Crippen LogP contribution in [0.5, 0.6) is 11.5 Å². The summed E-state index contributed by atoms with van der Waals surface area (Å²) in [6.45, 7) is 1.46. The van der Waals surface area contributed by atoms with Crippen LogP contribution < -0.4 is 14.8 Å². The van der Waals surface area contributed by atoms with Gasteiger partial charge in [0.25, 0.3) is 5.69 Å². The minimum atomic E-state index is -0.729. The minimum Gasteiger partial charge on any atom is -0.454 e. The third-order valence-electron chi connectivity index (χ3n) is 7.34. The van der Waals surface area contributed by atoms with Crippen LogP contribution in [0.3, 0.4) is 0 Å². The third kappa shape index (κ3) is 4.87. The lowest BCUT2D eigenvalue weighted by molar-refractivity contribution is -0.386. The summed E-state index contributed by atoms with van der Waals surface area (Å²) < 4.78 is 10.9. The molecule has 1 N–H and O–H groups in total. The Morgan fingerprint density at radius 3 is 2.41 bits per heavy atom. The first-order valence-electron chi connectivity index (χ1n) is 12.2. The molecule has 5 rings (SSSR count). The Bertz CT molecular complexity index is 1030. The Morgan fingerprint density at radius 1 is 1.06 bits per heavy atom. The highest BCUT2D eigenvalue weighted by Crippen LogP contribution is 2.42. The number of fused-ring (bicyclic) bond motifs is 1. The van der Waals surface area contributed by atoms with Crippen molar-refractivity contribution in [2.45, 2.75) is 57.0 Å². The molecular weight excluding hydrogens is 434 g/mol. The second kappa shape index (κ2) is 10.0. The van der Waals surface area contributed by atoms with Crippen molar-refractivity contribution in [2.75, 3.05) is 19.9 Å². The highest BCUT2D eigenvalue weighted by Gasteiger charge is 2.38.